The minimum absolute atomic E-state index is 0. The van der Waals surface area contributed by atoms with E-state index in [4.69, 9.17) is 15.2 Å². The summed E-state index contributed by atoms with van der Waals surface area (Å²) in [5, 5.41) is 15.7. The van der Waals surface area contributed by atoms with Gasteiger partial charge in [-0.3, -0.25) is 4.79 Å². The lowest BCUT2D eigenvalue weighted by molar-refractivity contribution is -0.134. The number of rotatable bonds is 0. The second-order valence-electron chi connectivity index (χ2n) is 2.00. The van der Waals surface area contributed by atoms with E-state index in [1.165, 1.54) is 0 Å². The number of carbonyl (C=O) groups is 1. The largest absolute Gasteiger partial charge is 0.481 e. The number of carboxylic acid groups (broad SMARTS) is 1. The monoisotopic (exact) mass is 181 g/mol. The van der Waals surface area contributed by atoms with Gasteiger partial charge in [-0.25, -0.2) is 0 Å². The number of aliphatic carboxylic acids is 1. The molecule has 0 aliphatic carbocycles. The van der Waals surface area contributed by atoms with Gasteiger partial charge in [0.25, 0.3) is 5.97 Å². The Morgan fingerprint density at radius 1 is 1.38 bits per heavy atom. The van der Waals surface area contributed by atoms with Crippen LogP contribution in [0.4, 0.5) is 0 Å². The number of benzene rings is 1. The molecule has 13 heavy (non-hydrogen) atoms. The number of nitrogens with zero attached hydrogens (tertiary/aromatic N) is 1. The maximum Gasteiger partial charge on any atom is 0.300 e. The zero-order chi connectivity index (χ0) is 9.40. The fourth-order valence-electron chi connectivity index (χ4n) is 0.513. The molecule has 0 saturated heterocycles. The fraction of sp³-hybridized carbons (Fsp3) is 0.111. The average molecular weight is 181 g/mol. The van der Waals surface area contributed by atoms with E-state index < -0.39 is 5.97 Å². The van der Waals surface area contributed by atoms with Crippen molar-refractivity contribution in [3.63, 3.8) is 0 Å². The van der Waals surface area contributed by atoms with Crippen molar-refractivity contribution in [3.8, 4) is 6.07 Å². The molecule has 0 spiro atoms. The number of carboxylic acids is 1. The van der Waals surface area contributed by atoms with Crippen LogP contribution in [0.3, 0.4) is 0 Å². The Balaban J connectivity index is 0. The first-order valence-corrected chi connectivity index (χ1v) is 3.31. The third-order valence-electron chi connectivity index (χ3n) is 0.903. The molecular weight excluding hydrogens is 170 g/mol. The van der Waals surface area contributed by atoms with Crippen LogP contribution in [0.2, 0.25) is 0 Å². The molecule has 0 saturated carbocycles. The lowest BCUT2D eigenvalue weighted by atomic mass is 10.2. The number of nitriles is 1. The minimum Gasteiger partial charge on any atom is -0.481 e. The zero-order valence-electron chi connectivity index (χ0n) is 7.19. The van der Waals surface area contributed by atoms with Crippen LogP contribution in [0.15, 0.2) is 30.3 Å². The van der Waals surface area contributed by atoms with Crippen LogP contribution in [-0.4, -0.2) is 16.6 Å². The van der Waals surface area contributed by atoms with Gasteiger partial charge in [0.1, 0.15) is 0 Å². The molecule has 0 bridgehead atoms. The van der Waals surface area contributed by atoms with Crippen molar-refractivity contribution in [3.05, 3.63) is 35.9 Å². The predicted octanol–water partition coefficient (Wildman–Crippen LogP) is 0.824. The number of hydrogen-bond acceptors (Lipinski definition) is 2. The summed E-state index contributed by atoms with van der Waals surface area (Å²) < 4.78 is 0. The first kappa shape index (κ1) is 13.7. The maximum absolute atomic E-state index is 9.00. The van der Waals surface area contributed by atoms with Gasteiger partial charge in [0.15, 0.2) is 0 Å². The first-order valence-electron chi connectivity index (χ1n) is 3.31. The average Bonchev–Trinajstić information content (AvgIpc) is 2.05. The molecule has 0 aromatic heterocycles. The molecule has 4 heteroatoms. The van der Waals surface area contributed by atoms with E-state index in [9.17, 15) is 0 Å². The Bertz CT molecular complexity index is 273. The smallest absolute Gasteiger partial charge is 0.300 e. The lowest BCUT2D eigenvalue weighted by Gasteiger charge is -1.80. The highest BCUT2D eigenvalue weighted by atomic mass is 16.4. The third-order valence-corrected chi connectivity index (χ3v) is 0.903. The first-order chi connectivity index (χ1) is 5.66. The van der Waals surface area contributed by atoms with Crippen molar-refractivity contribution in [1.82, 2.24) is 0 Å². The molecule has 0 amide bonds. The van der Waals surface area contributed by atoms with E-state index in [0.29, 0.717) is 5.56 Å². The van der Waals surface area contributed by atoms with Crippen molar-refractivity contribution < 1.29 is 15.4 Å². The molecule has 0 heterocycles. The van der Waals surface area contributed by atoms with E-state index in [-0.39, 0.29) is 5.48 Å². The molecule has 0 aliphatic rings. The van der Waals surface area contributed by atoms with Gasteiger partial charge in [-0.15, -0.1) is 0 Å². The van der Waals surface area contributed by atoms with Crippen molar-refractivity contribution in [1.29, 1.82) is 5.26 Å². The molecule has 70 valence electrons. The van der Waals surface area contributed by atoms with E-state index in [0.717, 1.165) is 6.92 Å². The van der Waals surface area contributed by atoms with Crippen molar-refractivity contribution in [2.45, 2.75) is 6.92 Å². The van der Waals surface area contributed by atoms with Gasteiger partial charge < -0.3 is 10.6 Å². The van der Waals surface area contributed by atoms with Gasteiger partial charge in [0.05, 0.1) is 11.6 Å². The van der Waals surface area contributed by atoms with Crippen LogP contribution in [-0.2, 0) is 4.79 Å². The summed E-state index contributed by atoms with van der Waals surface area (Å²) in [5.41, 5.74) is 0.715. The normalized spacial score (nSPS) is 6.77. The molecule has 1 aromatic carbocycles. The van der Waals surface area contributed by atoms with Gasteiger partial charge in [-0.05, 0) is 12.1 Å². The van der Waals surface area contributed by atoms with Crippen LogP contribution in [0.5, 0.6) is 0 Å². The molecule has 3 N–H and O–H groups in total. The van der Waals surface area contributed by atoms with Crippen LogP contribution in [0, 0.1) is 11.3 Å². The summed E-state index contributed by atoms with van der Waals surface area (Å²) in [5.74, 6) is -0.833. The summed E-state index contributed by atoms with van der Waals surface area (Å²) in [6.07, 6.45) is 0. The third kappa shape index (κ3) is 10.1. The van der Waals surface area contributed by atoms with Crippen LogP contribution in [0.25, 0.3) is 0 Å². The standard InChI is InChI=1S/C7H5N.C2H4O2.H2O/c8-6-7-4-2-1-3-5-7;1-2(3)4;/h1-5H;1H3,(H,3,4);1H2. The molecule has 0 aliphatic heterocycles. The Morgan fingerprint density at radius 3 is 2.00 bits per heavy atom. The Morgan fingerprint density at radius 2 is 1.77 bits per heavy atom. The summed E-state index contributed by atoms with van der Waals surface area (Å²) in [4.78, 5) is 9.00. The van der Waals surface area contributed by atoms with Crippen molar-refractivity contribution in [2.24, 2.45) is 0 Å². The zero-order valence-corrected chi connectivity index (χ0v) is 7.19. The molecule has 4 nitrogen and oxygen atoms in total. The molecule has 0 unspecified atom stereocenters. The molecule has 1 rings (SSSR count). The summed E-state index contributed by atoms with van der Waals surface area (Å²) >= 11 is 0. The molecule has 0 fully saturated rings. The Kier molecular flexibility index (Phi) is 8.69. The second kappa shape index (κ2) is 8.24. The van der Waals surface area contributed by atoms with Gasteiger partial charge >= 0.3 is 0 Å². The highest BCUT2D eigenvalue weighted by Crippen LogP contribution is 1.92. The highest BCUT2D eigenvalue weighted by molar-refractivity contribution is 5.62. The van der Waals surface area contributed by atoms with Crippen LogP contribution in [0.1, 0.15) is 12.5 Å². The fourth-order valence-corrected chi connectivity index (χ4v) is 0.513. The van der Waals surface area contributed by atoms with Crippen molar-refractivity contribution >= 4 is 5.97 Å². The van der Waals surface area contributed by atoms with E-state index >= 15 is 0 Å². The van der Waals surface area contributed by atoms with Crippen molar-refractivity contribution in [2.75, 3.05) is 0 Å². The SMILES string of the molecule is CC(=O)O.N#Cc1ccccc1.O. The molecule has 0 atom stereocenters. The predicted molar refractivity (Wildman–Crippen MR) is 48.1 cm³/mol. The summed E-state index contributed by atoms with van der Waals surface area (Å²) in [7, 11) is 0. The topological polar surface area (TPSA) is 92.6 Å². The number of hydrogen-bond donors (Lipinski definition) is 1. The molecular formula is C9H11NO3. The summed E-state index contributed by atoms with van der Waals surface area (Å²) in [6, 6.07) is 11.2. The van der Waals surface area contributed by atoms with Gasteiger partial charge in [0.2, 0.25) is 0 Å². The minimum atomic E-state index is -0.833. The van der Waals surface area contributed by atoms with Crippen LogP contribution < -0.4 is 0 Å². The Labute approximate surface area is 76.4 Å². The van der Waals surface area contributed by atoms with Crippen LogP contribution >= 0.6 is 0 Å². The van der Waals surface area contributed by atoms with Gasteiger partial charge in [0, 0.05) is 6.92 Å². The molecule has 0 radical (unpaired) electrons. The Hall–Kier alpha value is -1.86. The lowest BCUT2D eigenvalue weighted by Crippen LogP contribution is -1.78. The second-order valence-corrected chi connectivity index (χ2v) is 2.00. The van der Waals surface area contributed by atoms with E-state index in [2.05, 4.69) is 0 Å². The van der Waals surface area contributed by atoms with Gasteiger partial charge in [-0.2, -0.15) is 5.26 Å². The van der Waals surface area contributed by atoms with E-state index in [1.807, 2.05) is 24.3 Å². The highest BCUT2D eigenvalue weighted by Gasteiger charge is 1.79. The quantitative estimate of drug-likeness (QED) is 0.642. The van der Waals surface area contributed by atoms with E-state index in [1.54, 1.807) is 12.1 Å². The maximum atomic E-state index is 9.00. The summed E-state index contributed by atoms with van der Waals surface area (Å²) in [6.45, 7) is 1.08. The van der Waals surface area contributed by atoms with Gasteiger partial charge in [-0.1, -0.05) is 18.2 Å². The molecule has 1 aromatic rings.